The number of piperazine rings is 1. The van der Waals surface area contributed by atoms with Gasteiger partial charge in [-0.1, -0.05) is 30.3 Å². The van der Waals surface area contributed by atoms with E-state index in [1.54, 1.807) is 11.3 Å². The van der Waals surface area contributed by atoms with Gasteiger partial charge in [-0.3, -0.25) is 4.79 Å². The quantitative estimate of drug-likeness (QED) is 0.456. The summed E-state index contributed by atoms with van der Waals surface area (Å²) < 4.78 is 2.16. The Morgan fingerprint density at radius 2 is 1.67 bits per heavy atom. The summed E-state index contributed by atoms with van der Waals surface area (Å²) in [6.07, 6.45) is 2.08. The van der Waals surface area contributed by atoms with Crippen LogP contribution in [0.2, 0.25) is 0 Å². The smallest absolute Gasteiger partial charge is 0.264 e. The third-order valence-electron chi connectivity index (χ3n) is 6.12. The van der Waals surface area contributed by atoms with Crippen LogP contribution in [0.4, 0.5) is 5.69 Å². The highest BCUT2D eigenvalue weighted by Gasteiger charge is 2.24. The lowest BCUT2D eigenvalue weighted by Gasteiger charge is -2.36. The predicted molar refractivity (Wildman–Crippen MR) is 125 cm³/mol. The molecule has 1 fully saturated rings. The van der Waals surface area contributed by atoms with E-state index in [9.17, 15) is 4.79 Å². The number of nitrogens with zero attached hydrogens (tertiary/aromatic N) is 3. The van der Waals surface area contributed by atoms with Gasteiger partial charge in [-0.15, -0.1) is 11.3 Å². The third-order valence-corrected chi connectivity index (χ3v) is 7.20. The first-order valence-electron chi connectivity index (χ1n) is 10.4. The fourth-order valence-electron chi connectivity index (χ4n) is 4.23. The van der Waals surface area contributed by atoms with Gasteiger partial charge in [0.15, 0.2) is 0 Å². The number of hydrogen-bond donors (Lipinski definition) is 0. The molecule has 30 heavy (non-hydrogen) atoms. The minimum atomic E-state index is 0.142. The average Bonchev–Trinajstić information content (AvgIpc) is 3.42. The van der Waals surface area contributed by atoms with E-state index in [2.05, 4.69) is 72.0 Å². The number of amides is 1. The summed E-state index contributed by atoms with van der Waals surface area (Å²) in [5, 5.41) is 2.29. The van der Waals surface area contributed by atoms with E-state index in [-0.39, 0.29) is 5.91 Å². The minimum absolute atomic E-state index is 0.142. The molecule has 152 valence electrons. The van der Waals surface area contributed by atoms with Crippen molar-refractivity contribution in [3.8, 4) is 5.00 Å². The molecule has 0 aliphatic carbocycles. The topological polar surface area (TPSA) is 28.5 Å². The van der Waals surface area contributed by atoms with E-state index in [1.807, 2.05) is 23.1 Å². The number of fused-ring (bicyclic) bond motifs is 1. The summed E-state index contributed by atoms with van der Waals surface area (Å²) in [7, 11) is 0. The number of carbonyl (C=O) groups excluding carboxylic acids is 1. The second-order valence-corrected chi connectivity index (χ2v) is 8.94. The van der Waals surface area contributed by atoms with Crippen LogP contribution in [0.25, 0.3) is 15.9 Å². The van der Waals surface area contributed by atoms with Crippen molar-refractivity contribution in [1.29, 1.82) is 0 Å². The number of hydrogen-bond acceptors (Lipinski definition) is 3. The first-order chi connectivity index (χ1) is 14.6. The summed E-state index contributed by atoms with van der Waals surface area (Å²) in [5.74, 6) is 0.142. The Kier molecular flexibility index (Phi) is 4.83. The van der Waals surface area contributed by atoms with Gasteiger partial charge >= 0.3 is 0 Å². The van der Waals surface area contributed by atoms with Crippen LogP contribution < -0.4 is 4.90 Å². The summed E-state index contributed by atoms with van der Waals surface area (Å²) in [6.45, 7) is 7.59. The summed E-state index contributed by atoms with van der Waals surface area (Å²) in [4.78, 5) is 18.3. The number of thiophene rings is 1. The molecule has 0 radical (unpaired) electrons. The summed E-state index contributed by atoms with van der Waals surface area (Å²) in [6, 6.07) is 20.9. The molecule has 4 aromatic rings. The molecular formula is C25H25N3OS. The number of aryl methyl sites for hydroxylation is 1. The van der Waals surface area contributed by atoms with Crippen LogP contribution in [0, 0.1) is 13.8 Å². The van der Waals surface area contributed by atoms with Crippen LogP contribution in [0.1, 0.15) is 20.8 Å². The monoisotopic (exact) mass is 415 g/mol. The van der Waals surface area contributed by atoms with Gasteiger partial charge in [0.1, 0.15) is 5.00 Å². The number of anilines is 1. The Morgan fingerprint density at radius 3 is 2.50 bits per heavy atom. The molecule has 0 unspecified atom stereocenters. The Bertz CT molecular complexity index is 1210. The summed E-state index contributed by atoms with van der Waals surface area (Å²) in [5.41, 5.74) is 5.11. The molecule has 0 spiro atoms. The van der Waals surface area contributed by atoms with E-state index in [4.69, 9.17) is 0 Å². The maximum absolute atomic E-state index is 13.1. The van der Waals surface area contributed by atoms with Crippen LogP contribution in [0.5, 0.6) is 0 Å². The molecule has 0 N–H and O–H groups in total. The highest BCUT2D eigenvalue weighted by atomic mass is 32.1. The molecule has 2 aromatic heterocycles. The largest absolute Gasteiger partial charge is 0.368 e. The van der Waals surface area contributed by atoms with Gasteiger partial charge in [-0.25, -0.2) is 0 Å². The second kappa shape index (κ2) is 7.65. The molecule has 1 amide bonds. The summed E-state index contributed by atoms with van der Waals surface area (Å²) >= 11 is 1.57. The average molecular weight is 416 g/mol. The molecule has 0 saturated carbocycles. The fraction of sp³-hybridized carbons (Fsp3) is 0.240. The molecule has 2 aromatic carbocycles. The maximum atomic E-state index is 13.1. The highest BCUT2D eigenvalue weighted by molar-refractivity contribution is 7.16. The van der Waals surface area contributed by atoms with Crippen molar-refractivity contribution >= 4 is 33.8 Å². The molecule has 0 atom stereocenters. The number of rotatable bonds is 3. The van der Waals surface area contributed by atoms with Crippen LogP contribution in [-0.2, 0) is 0 Å². The van der Waals surface area contributed by atoms with Gasteiger partial charge in [0, 0.05) is 38.1 Å². The first kappa shape index (κ1) is 18.9. The molecule has 5 heteroatoms. The Balaban J connectivity index is 1.30. The van der Waals surface area contributed by atoms with Gasteiger partial charge in [-0.2, -0.15) is 0 Å². The Morgan fingerprint density at radius 1 is 0.867 bits per heavy atom. The zero-order valence-corrected chi connectivity index (χ0v) is 18.2. The van der Waals surface area contributed by atoms with Crippen LogP contribution in [0.3, 0.4) is 0 Å². The SMILES string of the molecule is Cc1cccc(N2CCN(C(=O)c3ccc(-n4ccc5ccccc54)s3)CC2)c1C. The zero-order chi connectivity index (χ0) is 20.7. The van der Waals surface area contributed by atoms with E-state index in [0.717, 1.165) is 36.1 Å². The molecule has 3 heterocycles. The third kappa shape index (κ3) is 3.29. The van der Waals surface area contributed by atoms with Crippen molar-refractivity contribution in [1.82, 2.24) is 9.47 Å². The molecule has 1 saturated heterocycles. The predicted octanol–water partition coefficient (Wildman–Crippen LogP) is 5.27. The van der Waals surface area contributed by atoms with Crippen LogP contribution >= 0.6 is 11.3 Å². The van der Waals surface area contributed by atoms with Gasteiger partial charge in [-0.05, 0) is 60.7 Å². The number of benzene rings is 2. The zero-order valence-electron chi connectivity index (χ0n) is 17.3. The molecule has 1 aliphatic heterocycles. The molecule has 1 aliphatic rings. The maximum Gasteiger partial charge on any atom is 0.264 e. The van der Waals surface area contributed by atoms with Gasteiger partial charge in [0.05, 0.1) is 10.4 Å². The number of aromatic nitrogens is 1. The van der Waals surface area contributed by atoms with Crippen molar-refractivity contribution in [2.45, 2.75) is 13.8 Å². The second-order valence-electron chi connectivity index (χ2n) is 7.88. The van der Waals surface area contributed by atoms with Gasteiger partial charge < -0.3 is 14.4 Å². The van der Waals surface area contributed by atoms with Crippen LogP contribution in [0.15, 0.2) is 66.9 Å². The van der Waals surface area contributed by atoms with E-state index >= 15 is 0 Å². The minimum Gasteiger partial charge on any atom is -0.368 e. The molecule has 0 bridgehead atoms. The lowest BCUT2D eigenvalue weighted by atomic mass is 10.1. The van der Waals surface area contributed by atoms with Crippen molar-refractivity contribution in [2.75, 3.05) is 31.1 Å². The normalized spacial score (nSPS) is 14.5. The first-order valence-corrected chi connectivity index (χ1v) is 11.2. The van der Waals surface area contributed by atoms with E-state index < -0.39 is 0 Å². The van der Waals surface area contributed by atoms with Crippen LogP contribution in [-0.4, -0.2) is 41.6 Å². The standard InChI is InChI=1S/C25H25N3OS/c1-18-6-5-9-21(19(18)2)26-14-16-27(17-15-26)25(29)23-10-11-24(30-23)28-13-12-20-7-3-4-8-22(20)28/h3-13H,14-17H2,1-2H3. The van der Waals surface area contributed by atoms with Crippen molar-refractivity contribution < 1.29 is 4.79 Å². The van der Waals surface area contributed by atoms with E-state index in [0.29, 0.717) is 0 Å². The Hall–Kier alpha value is -3.05. The van der Waals surface area contributed by atoms with Gasteiger partial charge in [0.25, 0.3) is 5.91 Å². The Labute approximate surface area is 181 Å². The highest BCUT2D eigenvalue weighted by Crippen LogP contribution is 2.28. The van der Waals surface area contributed by atoms with Gasteiger partial charge in [0.2, 0.25) is 0 Å². The fourth-order valence-corrected chi connectivity index (χ4v) is 5.20. The van der Waals surface area contributed by atoms with Crippen molar-refractivity contribution in [2.24, 2.45) is 0 Å². The molecule has 5 rings (SSSR count). The lowest BCUT2D eigenvalue weighted by Crippen LogP contribution is -2.48. The van der Waals surface area contributed by atoms with E-state index in [1.165, 1.54) is 27.7 Å². The molecule has 4 nitrogen and oxygen atoms in total. The molecular weight excluding hydrogens is 390 g/mol. The van der Waals surface area contributed by atoms with Crippen molar-refractivity contribution in [3.05, 3.63) is 82.9 Å². The lowest BCUT2D eigenvalue weighted by molar-refractivity contribution is 0.0751. The number of para-hydroxylation sites is 1. The van der Waals surface area contributed by atoms with Crippen molar-refractivity contribution in [3.63, 3.8) is 0 Å². The number of carbonyl (C=O) groups is 1.